The number of Topliss-reactive ketones (excluding diaryl/α,β-unsaturated/α-hetero) is 1. The van der Waals surface area contributed by atoms with Crippen LogP contribution in [0.25, 0.3) is 0 Å². The quantitative estimate of drug-likeness (QED) is 0.783. The topological polar surface area (TPSA) is 26.3 Å². The number of ether oxygens (including phenoxy) is 1. The van der Waals surface area contributed by atoms with E-state index in [1.54, 1.807) is 12.1 Å². The Balaban J connectivity index is 1.99. The smallest absolute Gasteiger partial charge is 0.170 e. The second kappa shape index (κ2) is 4.87. The lowest BCUT2D eigenvalue weighted by molar-refractivity contribution is 0.0846. The van der Waals surface area contributed by atoms with Gasteiger partial charge in [0, 0.05) is 16.7 Å². The molecule has 1 atom stereocenters. The molecular formula is C15H9ClF2O2. The lowest BCUT2D eigenvalue weighted by Gasteiger charge is -2.25. The van der Waals surface area contributed by atoms with Gasteiger partial charge in [-0.05, 0) is 30.3 Å². The number of carbonyl (C=O) groups is 1. The Morgan fingerprint density at radius 2 is 1.95 bits per heavy atom. The Kier molecular flexibility index (Phi) is 3.18. The van der Waals surface area contributed by atoms with E-state index in [-0.39, 0.29) is 17.8 Å². The summed E-state index contributed by atoms with van der Waals surface area (Å²) in [5.41, 5.74) is 0.552. The molecule has 0 aromatic heterocycles. The number of halogens is 3. The van der Waals surface area contributed by atoms with Crippen molar-refractivity contribution in [3.05, 3.63) is 64.2 Å². The molecule has 0 fully saturated rings. The summed E-state index contributed by atoms with van der Waals surface area (Å²) < 4.78 is 32.3. The second-order valence-corrected chi connectivity index (χ2v) is 4.98. The highest BCUT2D eigenvalue weighted by Gasteiger charge is 2.29. The van der Waals surface area contributed by atoms with Crippen LogP contribution in [0.5, 0.6) is 5.75 Å². The average Bonchev–Trinajstić information content (AvgIpc) is 2.39. The van der Waals surface area contributed by atoms with Crippen LogP contribution >= 0.6 is 11.6 Å². The molecule has 0 spiro atoms. The van der Waals surface area contributed by atoms with E-state index in [0.29, 0.717) is 16.3 Å². The van der Waals surface area contributed by atoms with Crippen molar-refractivity contribution < 1.29 is 18.3 Å². The first-order valence-corrected chi connectivity index (χ1v) is 6.37. The van der Waals surface area contributed by atoms with Crippen LogP contribution in [0.4, 0.5) is 8.78 Å². The number of benzene rings is 2. The Bertz CT molecular complexity index is 700. The summed E-state index contributed by atoms with van der Waals surface area (Å²) in [6.45, 7) is 0. The van der Waals surface area contributed by atoms with Crippen molar-refractivity contribution in [1.82, 2.24) is 0 Å². The van der Waals surface area contributed by atoms with Crippen molar-refractivity contribution >= 4 is 17.4 Å². The van der Waals surface area contributed by atoms with E-state index in [9.17, 15) is 13.6 Å². The minimum Gasteiger partial charge on any atom is -0.484 e. The van der Waals surface area contributed by atoms with Crippen molar-refractivity contribution in [2.45, 2.75) is 12.5 Å². The number of hydrogen-bond donors (Lipinski definition) is 0. The van der Waals surface area contributed by atoms with Gasteiger partial charge in [0.25, 0.3) is 0 Å². The summed E-state index contributed by atoms with van der Waals surface area (Å²) in [4.78, 5) is 12.1. The van der Waals surface area contributed by atoms with Gasteiger partial charge in [0.15, 0.2) is 5.78 Å². The van der Waals surface area contributed by atoms with Gasteiger partial charge in [0.2, 0.25) is 0 Å². The third-order valence-electron chi connectivity index (χ3n) is 3.19. The number of hydrogen-bond acceptors (Lipinski definition) is 2. The normalized spacial score (nSPS) is 17.6. The highest BCUT2D eigenvalue weighted by Crippen LogP contribution is 2.36. The van der Waals surface area contributed by atoms with Crippen LogP contribution in [0.2, 0.25) is 5.02 Å². The van der Waals surface area contributed by atoms with Crippen LogP contribution in [0.15, 0.2) is 36.4 Å². The Labute approximate surface area is 118 Å². The van der Waals surface area contributed by atoms with E-state index in [2.05, 4.69) is 0 Å². The molecule has 0 amide bonds. The molecule has 0 saturated heterocycles. The van der Waals surface area contributed by atoms with E-state index in [0.717, 1.165) is 12.1 Å². The van der Waals surface area contributed by atoms with E-state index >= 15 is 0 Å². The van der Waals surface area contributed by atoms with Gasteiger partial charge in [-0.2, -0.15) is 0 Å². The molecule has 0 saturated carbocycles. The van der Waals surface area contributed by atoms with Gasteiger partial charge in [-0.3, -0.25) is 4.79 Å². The van der Waals surface area contributed by atoms with Crippen LogP contribution < -0.4 is 4.74 Å². The zero-order chi connectivity index (χ0) is 14.3. The highest BCUT2D eigenvalue weighted by molar-refractivity contribution is 6.31. The molecule has 1 aliphatic heterocycles. The predicted octanol–water partition coefficient (Wildman–Crippen LogP) is 4.32. The van der Waals surface area contributed by atoms with Crippen molar-refractivity contribution in [2.24, 2.45) is 0 Å². The van der Waals surface area contributed by atoms with Crippen LogP contribution in [-0.2, 0) is 0 Å². The molecule has 2 aromatic rings. The molecule has 2 aromatic carbocycles. The summed E-state index contributed by atoms with van der Waals surface area (Å²) in [7, 11) is 0. The molecule has 3 rings (SSSR count). The van der Waals surface area contributed by atoms with Gasteiger partial charge >= 0.3 is 0 Å². The minimum atomic E-state index is -0.753. The number of fused-ring (bicyclic) bond motifs is 1. The number of rotatable bonds is 1. The van der Waals surface area contributed by atoms with Gasteiger partial charge < -0.3 is 4.74 Å². The molecule has 1 aliphatic rings. The van der Waals surface area contributed by atoms with Crippen molar-refractivity contribution in [3.63, 3.8) is 0 Å². The van der Waals surface area contributed by atoms with Gasteiger partial charge in [0.1, 0.15) is 23.5 Å². The maximum absolute atomic E-state index is 13.7. The molecule has 1 heterocycles. The van der Waals surface area contributed by atoms with Crippen molar-refractivity contribution in [3.8, 4) is 5.75 Å². The summed E-state index contributed by atoms with van der Waals surface area (Å²) in [6.07, 6.45) is -0.757. The van der Waals surface area contributed by atoms with E-state index < -0.39 is 17.7 Å². The third kappa shape index (κ3) is 2.27. The maximum Gasteiger partial charge on any atom is 0.170 e. The monoisotopic (exact) mass is 294 g/mol. The van der Waals surface area contributed by atoms with Crippen LogP contribution in [-0.4, -0.2) is 5.78 Å². The SMILES string of the molecule is O=C1CC(c2ccc(F)cc2F)Oc2ccc(Cl)cc21. The molecule has 102 valence electrons. The van der Waals surface area contributed by atoms with Gasteiger partial charge in [-0.1, -0.05) is 11.6 Å². The van der Waals surface area contributed by atoms with Crippen molar-refractivity contribution in [1.29, 1.82) is 0 Å². The highest BCUT2D eigenvalue weighted by atomic mass is 35.5. The molecule has 5 heteroatoms. The van der Waals surface area contributed by atoms with Gasteiger partial charge in [0.05, 0.1) is 12.0 Å². The third-order valence-corrected chi connectivity index (χ3v) is 3.43. The zero-order valence-corrected chi connectivity index (χ0v) is 11.0. The standard InChI is InChI=1S/C15H9ClF2O2/c16-8-1-4-14-11(5-8)13(19)7-15(20-14)10-3-2-9(17)6-12(10)18/h1-6,15H,7H2. The lowest BCUT2D eigenvalue weighted by atomic mass is 9.96. The molecule has 1 unspecified atom stereocenters. The maximum atomic E-state index is 13.7. The van der Waals surface area contributed by atoms with Crippen molar-refractivity contribution in [2.75, 3.05) is 0 Å². The van der Waals surface area contributed by atoms with Crippen LogP contribution in [0.3, 0.4) is 0 Å². The summed E-state index contributed by atoms with van der Waals surface area (Å²) >= 11 is 5.83. The Hall–Kier alpha value is -1.94. The Morgan fingerprint density at radius 3 is 2.70 bits per heavy atom. The molecule has 2 nitrogen and oxygen atoms in total. The van der Waals surface area contributed by atoms with Gasteiger partial charge in [-0.15, -0.1) is 0 Å². The summed E-state index contributed by atoms with van der Waals surface area (Å²) in [5, 5.41) is 0.437. The minimum absolute atomic E-state index is 0.00407. The predicted molar refractivity (Wildman–Crippen MR) is 70.1 cm³/mol. The molecule has 0 radical (unpaired) electrons. The zero-order valence-electron chi connectivity index (χ0n) is 10.2. The van der Waals surface area contributed by atoms with Crippen LogP contribution in [0.1, 0.15) is 28.4 Å². The number of carbonyl (C=O) groups excluding carboxylic acids is 1. The fraction of sp³-hybridized carbons (Fsp3) is 0.133. The second-order valence-electron chi connectivity index (χ2n) is 4.54. The summed E-state index contributed by atoms with van der Waals surface area (Å²) in [5.74, 6) is -1.21. The van der Waals surface area contributed by atoms with E-state index in [1.165, 1.54) is 12.1 Å². The first-order chi connectivity index (χ1) is 9.54. The number of ketones is 1. The average molecular weight is 295 g/mol. The molecular weight excluding hydrogens is 286 g/mol. The van der Waals surface area contributed by atoms with Gasteiger partial charge in [-0.25, -0.2) is 8.78 Å². The van der Waals surface area contributed by atoms with Crippen LogP contribution in [0, 0.1) is 11.6 Å². The van der Waals surface area contributed by atoms with E-state index in [4.69, 9.17) is 16.3 Å². The molecule has 0 bridgehead atoms. The largest absolute Gasteiger partial charge is 0.484 e. The lowest BCUT2D eigenvalue weighted by Crippen LogP contribution is -2.21. The Morgan fingerprint density at radius 1 is 1.15 bits per heavy atom. The summed E-state index contributed by atoms with van der Waals surface area (Å²) in [6, 6.07) is 7.91. The molecule has 0 N–H and O–H groups in total. The fourth-order valence-corrected chi connectivity index (χ4v) is 2.40. The van der Waals surface area contributed by atoms with E-state index in [1.807, 2.05) is 0 Å². The molecule has 20 heavy (non-hydrogen) atoms. The first kappa shape index (κ1) is 13.1. The molecule has 0 aliphatic carbocycles. The first-order valence-electron chi connectivity index (χ1n) is 5.99. The fourth-order valence-electron chi connectivity index (χ4n) is 2.23.